The molecule has 1 aromatic carbocycles. The van der Waals surface area contributed by atoms with Crippen molar-refractivity contribution in [3.63, 3.8) is 0 Å². The lowest BCUT2D eigenvalue weighted by molar-refractivity contribution is -0.388. The summed E-state index contributed by atoms with van der Waals surface area (Å²) in [4.78, 5) is 19.7. The van der Waals surface area contributed by atoms with Gasteiger partial charge in [-0.2, -0.15) is 4.39 Å². The summed E-state index contributed by atoms with van der Waals surface area (Å²) in [7, 11) is 0. The summed E-state index contributed by atoms with van der Waals surface area (Å²) in [6, 6.07) is 0.429. The Balaban J connectivity index is 3.65. The molecule has 0 aliphatic heterocycles. The molecule has 0 bridgehead atoms. The Morgan fingerprint density at radius 1 is 1.53 bits per heavy atom. The fraction of sp³-hybridized carbons (Fsp3) is 0.125. The van der Waals surface area contributed by atoms with Crippen molar-refractivity contribution in [2.24, 2.45) is 0 Å². The third-order valence-electron chi connectivity index (χ3n) is 1.83. The van der Waals surface area contributed by atoms with E-state index in [2.05, 4.69) is 0 Å². The molecule has 1 aromatic rings. The fourth-order valence-electron chi connectivity index (χ4n) is 1.05. The van der Waals surface area contributed by atoms with Gasteiger partial charge in [-0.15, -0.1) is 0 Å². The van der Waals surface area contributed by atoms with Crippen LogP contribution in [0.4, 0.5) is 14.5 Å². The largest absolute Gasteiger partial charge is 0.477 e. The molecule has 5 nitrogen and oxygen atoms in total. The lowest BCUT2D eigenvalue weighted by Crippen LogP contribution is -2.07. The molecule has 0 saturated heterocycles. The van der Waals surface area contributed by atoms with E-state index in [-0.39, 0.29) is 0 Å². The quantitative estimate of drug-likeness (QED) is 0.605. The molecule has 0 atom stereocenters. The van der Waals surface area contributed by atoms with Gasteiger partial charge < -0.3 is 5.11 Å². The van der Waals surface area contributed by atoms with E-state index in [1.165, 1.54) is 0 Å². The zero-order valence-corrected chi connectivity index (χ0v) is 7.45. The van der Waals surface area contributed by atoms with E-state index in [4.69, 9.17) is 5.11 Å². The highest BCUT2D eigenvalue weighted by Gasteiger charge is 2.28. The van der Waals surface area contributed by atoms with E-state index in [9.17, 15) is 23.7 Å². The molecule has 0 aromatic heterocycles. The van der Waals surface area contributed by atoms with Crippen LogP contribution in [0.3, 0.4) is 0 Å². The van der Waals surface area contributed by atoms with Gasteiger partial charge in [-0.25, -0.2) is 9.18 Å². The number of halogens is 2. The van der Waals surface area contributed by atoms with Crippen molar-refractivity contribution < 1.29 is 23.6 Å². The van der Waals surface area contributed by atoms with Gasteiger partial charge in [0.05, 0.1) is 4.92 Å². The summed E-state index contributed by atoms with van der Waals surface area (Å²) in [5.74, 6) is -4.34. The maximum atomic E-state index is 13.2. The Labute approximate surface area is 82.1 Å². The van der Waals surface area contributed by atoms with Gasteiger partial charge in [0.2, 0.25) is 5.82 Å². The zero-order chi connectivity index (χ0) is 11.7. The number of nitro groups is 1. The number of rotatable bonds is 2. The molecule has 7 heteroatoms. The molecule has 0 saturated carbocycles. The van der Waals surface area contributed by atoms with E-state index >= 15 is 0 Å². The lowest BCUT2D eigenvalue weighted by atomic mass is 10.1. The van der Waals surface area contributed by atoms with Gasteiger partial charge >= 0.3 is 11.7 Å². The molecule has 15 heavy (non-hydrogen) atoms. The Kier molecular flexibility index (Phi) is 2.65. The first-order valence-electron chi connectivity index (χ1n) is 3.72. The van der Waals surface area contributed by atoms with Gasteiger partial charge in [0.15, 0.2) is 0 Å². The van der Waals surface area contributed by atoms with Gasteiger partial charge in [0.25, 0.3) is 0 Å². The van der Waals surface area contributed by atoms with Gasteiger partial charge in [0.1, 0.15) is 11.4 Å². The summed E-state index contributed by atoms with van der Waals surface area (Å²) in [6.45, 7) is 0.989. The molecular weight excluding hydrogens is 212 g/mol. The van der Waals surface area contributed by atoms with Crippen LogP contribution in [0.2, 0.25) is 0 Å². The van der Waals surface area contributed by atoms with Crippen LogP contribution in [-0.2, 0) is 0 Å². The van der Waals surface area contributed by atoms with Crippen LogP contribution in [-0.4, -0.2) is 16.0 Å². The van der Waals surface area contributed by atoms with Crippen molar-refractivity contribution in [3.8, 4) is 0 Å². The molecule has 0 heterocycles. The molecule has 0 aliphatic rings. The first-order chi connectivity index (χ1) is 6.86. The van der Waals surface area contributed by atoms with Crippen LogP contribution in [0.5, 0.6) is 0 Å². The predicted molar refractivity (Wildman–Crippen MR) is 44.7 cm³/mol. The number of carboxylic acid groups (broad SMARTS) is 1. The summed E-state index contributed by atoms with van der Waals surface area (Å²) >= 11 is 0. The van der Waals surface area contributed by atoms with Gasteiger partial charge in [-0.1, -0.05) is 0 Å². The highest BCUT2D eigenvalue weighted by molar-refractivity contribution is 5.92. The summed E-state index contributed by atoms with van der Waals surface area (Å²) < 4.78 is 26.1. The van der Waals surface area contributed by atoms with Crippen LogP contribution >= 0.6 is 0 Å². The average molecular weight is 217 g/mol. The highest BCUT2D eigenvalue weighted by Crippen LogP contribution is 2.27. The zero-order valence-electron chi connectivity index (χ0n) is 7.45. The minimum absolute atomic E-state index is 0.429. The van der Waals surface area contributed by atoms with Crippen molar-refractivity contribution >= 4 is 11.7 Å². The smallest absolute Gasteiger partial charge is 0.342 e. The first-order valence-corrected chi connectivity index (χ1v) is 3.72. The van der Waals surface area contributed by atoms with Crippen molar-refractivity contribution in [2.45, 2.75) is 6.92 Å². The summed E-state index contributed by atoms with van der Waals surface area (Å²) in [5, 5.41) is 18.9. The number of nitro benzene ring substituents is 1. The molecule has 0 spiro atoms. The minimum Gasteiger partial charge on any atom is -0.477 e. The SMILES string of the molecule is Cc1c(F)cc(C(=O)O)c([N+](=O)[O-])c1F. The molecule has 1 N–H and O–H groups in total. The molecule has 0 aliphatic carbocycles. The molecule has 0 unspecified atom stereocenters. The fourth-order valence-corrected chi connectivity index (χ4v) is 1.05. The topological polar surface area (TPSA) is 80.4 Å². The Morgan fingerprint density at radius 2 is 2.07 bits per heavy atom. The third-order valence-corrected chi connectivity index (χ3v) is 1.83. The molecule has 0 amide bonds. The number of benzene rings is 1. The van der Waals surface area contributed by atoms with Crippen molar-refractivity contribution in [3.05, 3.63) is 38.9 Å². The predicted octanol–water partition coefficient (Wildman–Crippen LogP) is 1.88. The van der Waals surface area contributed by atoms with E-state index in [1.807, 2.05) is 0 Å². The summed E-state index contributed by atoms with van der Waals surface area (Å²) in [5.41, 5.74) is -2.80. The van der Waals surface area contributed by atoms with Crippen LogP contribution in [0, 0.1) is 28.7 Å². The number of carboxylic acids is 1. The van der Waals surface area contributed by atoms with Crippen molar-refractivity contribution in [2.75, 3.05) is 0 Å². The number of aromatic carboxylic acids is 1. The third kappa shape index (κ3) is 1.76. The van der Waals surface area contributed by atoms with Crippen molar-refractivity contribution in [1.29, 1.82) is 0 Å². The van der Waals surface area contributed by atoms with Crippen LogP contribution < -0.4 is 0 Å². The van der Waals surface area contributed by atoms with Gasteiger partial charge in [-0.05, 0) is 13.0 Å². The van der Waals surface area contributed by atoms with Gasteiger partial charge in [-0.3, -0.25) is 10.1 Å². The Bertz CT molecular complexity index is 458. The van der Waals surface area contributed by atoms with Crippen LogP contribution in [0.15, 0.2) is 6.07 Å². The maximum absolute atomic E-state index is 13.2. The molecule has 80 valence electrons. The second-order valence-corrected chi connectivity index (χ2v) is 2.76. The maximum Gasteiger partial charge on any atom is 0.342 e. The Hall–Kier alpha value is -2.05. The van der Waals surface area contributed by atoms with E-state index in [0.29, 0.717) is 6.07 Å². The van der Waals surface area contributed by atoms with E-state index < -0.39 is 39.3 Å². The number of hydrogen-bond donors (Lipinski definition) is 1. The molecular formula is C8H5F2NO4. The molecule has 0 radical (unpaired) electrons. The average Bonchev–Trinajstić information content (AvgIpc) is 2.12. The normalized spacial score (nSPS) is 10.1. The number of hydrogen-bond acceptors (Lipinski definition) is 3. The van der Waals surface area contributed by atoms with E-state index in [0.717, 1.165) is 6.92 Å². The lowest BCUT2D eigenvalue weighted by Gasteiger charge is -2.03. The second kappa shape index (κ2) is 3.60. The van der Waals surface area contributed by atoms with Crippen molar-refractivity contribution in [1.82, 2.24) is 0 Å². The monoisotopic (exact) mass is 217 g/mol. The van der Waals surface area contributed by atoms with E-state index in [1.54, 1.807) is 0 Å². The molecule has 0 fully saturated rings. The van der Waals surface area contributed by atoms with Crippen LogP contribution in [0.25, 0.3) is 0 Å². The molecule has 1 rings (SSSR count). The van der Waals surface area contributed by atoms with Crippen LogP contribution in [0.1, 0.15) is 15.9 Å². The summed E-state index contributed by atoms with van der Waals surface area (Å²) in [6.07, 6.45) is 0. The number of carbonyl (C=O) groups is 1. The highest BCUT2D eigenvalue weighted by atomic mass is 19.1. The Morgan fingerprint density at radius 3 is 2.47 bits per heavy atom. The second-order valence-electron chi connectivity index (χ2n) is 2.76. The van der Waals surface area contributed by atoms with Gasteiger partial charge in [0, 0.05) is 5.56 Å². The number of nitrogens with zero attached hydrogens (tertiary/aromatic N) is 1. The first kappa shape index (κ1) is 11.0. The standard InChI is InChI=1S/C8H5F2NO4/c1-3-5(9)2-4(8(12)13)7(6(3)10)11(14)15/h2H,1H3,(H,12,13). The minimum atomic E-state index is -1.75.